The van der Waals surface area contributed by atoms with Gasteiger partial charge in [-0.05, 0) is 62.9 Å². The molecule has 1 aliphatic heterocycles. The van der Waals surface area contributed by atoms with Crippen molar-refractivity contribution in [2.24, 2.45) is 11.7 Å². The molecule has 22 heavy (non-hydrogen) atoms. The summed E-state index contributed by atoms with van der Waals surface area (Å²) in [6.45, 7) is 6.61. The molecular formula is C17H28ClN3O. The van der Waals surface area contributed by atoms with E-state index in [1.807, 2.05) is 12.1 Å². The van der Waals surface area contributed by atoms with Gasteiger partial charge in [-0.2, -0.15) is 0 Å². The van der Waals surface area contributed by atoms with Crippen LogP contribution in [0.3, 0.4) is 0 Å². The molecule has 5 heteroatoms. The number of nitrogens with two attached hydrogens (primary N) is 1. The van der Waals surface area contributed by atoms with Crippen LogP contribution in [0.25, 0.3) is 0 Å². The van der Waals surface area contributed by atoms with Gasteiger partial charge >= 0.3 is 0 Å². The number of piperidine rings is 1. The van der Waals surface area contributed by atoms with Crippen LogP contribution in [0.2, 0.25) is 0 Å². The van der Waals surface area contributed by atoms with Crippen LogP contribution in [0, 0.1) is 5.92 Å². The quantitative estimate of drug-likeness (QED) is 0.875. The monoisotopic (exact) mass is 325 g/mol. The van der Waals surface area contributed by atoms with Crippen molar-refractivity contribution < 1.29 is 4.79 Å². The van der Waals surface area contributed by atoms with Gasteiger partial charge in [0.05, 0.1) is 6.54 Å². The van der Waals surface area contributed by atoms with Crippen LogP contribution in [0.1, 0.15) is 32.3 Å². The summed E-state index contributed by atoms with van der Waals surface area (Å²) in [4.78, 5) is 14.3. The third-order valence-corrected chi connectivity index (χ3v) is 4.39. The lowest BCUT2D eigenvalue weighted by Crippen LogP contribution is -2.42. The van der Waals surface area contributed by atoms with Gasteiger partial charge in [-0.1, -0.05) is 19.1 Å². The Hall–Kier alpha value is -1.10. The van der Waals surface area contributed by atoms with Crippen molar-refractivity contribution in [1.82, 2.24) is 4.90 Å². The van der Waals surface area contributed by atoms with E-state index in [1.165, 1.54) is 5.56 Å². The molecule has 1 heterocycles. The van der Waals surface area contributed by atoms with Gasteiger partial charge in [0.15, 0.2) is 0 Å². The van der Waals surface area contributed by atoms with Gasteiger partial charge in [0.1, 0.15) is 0 Å². The summed E-state index contributed by atoms with van der Waals surface area (Å²) in [5.74, 6) is 0.671. The first kappa shape index (κ1) is 18.9. The number of benzene rings is 1. The fourth-order valence-electron chi connectivity index (χ4n) is 2.86. The molecule has 1 unspecified atom stereocenters. The molecule has 0 aromatic heterocycles. The van der Waals surface area contributed by atoms with Crippen LogP contribution in [0.15, 0.2) is 24.3 Å². The van der Waals surface area contributed by atoms with E-state index in [4.69, 9.17) is 5.73 Å². The summed E-state index contributed by atoms with van der Waals surface area (Å²) in [6.07, 6.45) is 3.20. The maximum Gasteiger partial charge on any atom is 0.238 e. The highest BCUT2D eigenvalue weighted by atomic mass is 35.5. The summed E-state index contributed by atoms with van der Waals surface area (Å²) < 4.78 is 0. The molecule has 1 saturated heterocycles. The highest BCUT2D eigenvalue weighted by molar-refractivity contribution is 5.92. The lowest BCUT2D eigenvalue weighted by molar-refractivity contribution is -0.117. The third kappa shape index (κ3) is 5.59. The molecule has 1 fully saturated rings. The Labute approximate surface area is 139 Å². The first-order chi connectivity index (χ1) is 10.1. The number of carbonyl (C=O) groups is 1. The molecule has 124 valence electrons. The van der Waals surface area contributed by atoms with Crippen molar-refractivity contribution >= 4 is 24.0 Å². The Bertz CT molecular complexity index is 453. The number of likely N-dealkylation sites (tertiary alicyclic amines) is 1. The summed E-state index contributed by atoms with van der Waals surface area (Å²) in [5, 5.41) is 2.97. The Morgan fingerprint density at radius 2 is 1.91 bits per heavy atom. The molecule has 0 aliphatic carbocycles. The zero-order chi connectivity index (χ0) is 15.2. The van der Waals surface area contributed by atoms with E-state index in [-0.39, 0.29) is 24.4 Å². The third-order valence-electron chi connectivity index (χ3n) is 4.39. The average Bonchev–Trinajstić information content (AvgIpc) is 2.48. The zero-order valence-corrected chi connectivity index (χ0v) is 14.4. The Balaban J connectivity index is 0.00000242. The molecule has 3 N–H and O–H groups in total. The highest BCUT2D eigenvalue weighted by Gasteiger charge is 2.22. The second-order valence-electron chi connectivity index (χ2n) is 6.07. The zero-order valence-electron chi connectivity index (χ0n) is 13.5. The molecule has 2 rings (SSSR count). The number of aryl methyl sites for hydroxylation is 1. The van der Waals surface area contributed by atoms with Gasteiger partial charge in [0, 0.05) is 11.7 Å². The normalized spacial score (nSPS) is 17.6. The van der Waals surface area contributed by atoms with Crippen LogP contribution < -0.4 is 11.1 Å². The molecule has 1 aromatic rings. The molecule has 1 amide bonds. The van der Waals surface area contributed by atoms with Crippen molar-refractivity contribution in [2.45, 2.75) is 39.2 Å². The standard InChI is InChI=1S/C17H27N3O.ClH/c1-3-14-4-6-16(7-5-14)19-17(21)12-20-10-8-15(9-11-20)13(2)18;/h4-7,13,15H,3,8-12,18H2,1-2H3,(H,19,21);1H. The van der Waals surface area contributed by atoms with E-state index in [0.717, 1.165) is 38.0 Å². The van der Waals surface area contributed by atoms with Crippen LogP contribution in [0.5, 0.6) is 0 Å². The molecule has 0 bridgehead atoms. The summed E-state index contributed by atoms with van der Waals surface area (Å²) >= 11 is 0. The SMILES string of the molecule is CCc1ccc(NC(=O)CN2CCC(C(C)N)CC2)cc1.Cl. The van der Waals surface area contributed by atoms with Crippen LogP contribution in [-0.4, -0.2) is 36.5 Å². The number of hydrogen-bond donors (Lipinski definition) is 2. The van der Waals surface area contributed by atoms with Crippen LogP contribution >= 0.6 is 12.4 Å². The first-order valence-corrected chi connectivity index (χ1v) is 7.95. The van der Waals surface area contributed by atoms with Gasteiger partial charge in [0.25, 0.3) is 0 Å². The van der Waals surface area contributed by atoms with Gasteiger partial charge < -0.3 is 11.1 Å². The second kappa shape index (κ2) is 9.13. The van der Waals surface area contributed by atoms with Crippen molar-refractivity contribution in [3.63, 3.8) is 0 Å². The molecule has 0 radical (unpaired) electrons. The van der Waals surface area contributed by atoms with E-state index in [1.54, 1.807) is 0 Å². The van der Waals surface area contributed by atoms with Gasteiger partial charge in [0.2, 0.25) is 5.91 Å². The minimum Gasteiger partial charge on any atom is -0.328 e. The van der Waals surface area contributed by atoms with Gasteiger partial charge in [-0.15, -0.1) is 12.4 Å². The number of hydrogen-bond acceptors (Lipinski definition) is 3. The summed E-state index contributed by atoms with van der Waals surface area (Å²) in [5.41, 5.74) is 8.10. The summed E-state index contributed by atoms with van der Waals surface area (Å²) in [6, 6.07) is 8.32. The lowest BCUT2D eigenvalue weighted by Gasteiger charge is -2.33. The molecule has 4 nitrogen and oxygen atoms in total. The molecule has 1 atom stereocenters. The van der Waals surface area contributed by atoms with Gasteiger partial charge in [-0.25, -0.2) is 0 Å². The fraction of sp³-hybridized carbons (Fsp3) is 0.588. The minimum absolute atomic E-state index is 0. The highest BCUT2D eigenvalue weighted by Crippen LogP contribution is 2.19. The second-order valence-corrected chi connectivity index (χ2v) is 6.07. The molecule has 0 saturated carbocycles. The van der Waals surface area contributed by atoms with E-state index < -0.39 is 0 Å². The predicted molar refractivity (Wildman–Crippen MR) is 94.5 cm³/mol. The largest absolute Gasteiger partial charge is 0.328 e. The molecule has 1 aliphatic rings. The minimum atomic E-state index is 0. The number of nitrogens with one attached hydrogen (secondary N) is 1. The average molecular weight is 326 g/mol. The lowest BCUT2D eigenvalue weighted by atomic mass is 9.91. The maximum atomic E-state index is 12.1. The number of rotatable bonds is 5. The number of nitrogens with zero attached hydrogens (tertiary/aromatic N) is 1. The van der Waals surface area contributed by atoms with Crippen molar-refractivity contribution in [1.29, 1.82) is 0 Å². The van der Waals surface area contributed by atoms with Gasteiger partial charge in [-0.3, -0.25) is 9.69 Å². The van der Waals surface area contributed by atoms with Crippen LogP contribution in [0.4, 0.5) is 5.69 Å². The summed E-state index contributed by atoms with van der Waals surface area (Å²) in [7, 11) is 0. The Morgan fingerprint density at radius 1 is 1.32 bits per heavy atom. The topological polar surface area (TPSA) is 58.4 Å². The van der Waals surface area contributed by atoms with E-state index >= 15 is 0 Å². The first-order valence-electron chi connectivity index (χ1n) is 7.95. The van der Waals surface area contributed by atoms with E-state index in [2.05, 4.69) is 36.2 Å². The van der Waals surface area contributed by atoms with Crippen LogP contribution in [-0.2, 0) is 11.2 Å². The smallest absolute Gasteiger partial charge is 0.238 e. The number of anilines is 1. The molecular weight excluding hydrogens is 298 g/mol. The van der Waals surface area contributed by atoms with E-state index in [0.29, 0.717) is 12.5 Å². The molecule has 1 aromatic carbocycles. The van der Waals surface area contributed by atoms with Crippen molar-refractivity contribution in [3.05, 3.63) is 29.8 Å². The number of carbonyl (C=O) groups excluding carboxylic acids is 1. The fourth-order valence-corrected chi connectivity index (χ4v) is 2.86. The van der Waals surface area contributed by atoms with Crippen molar-refractivity contribution in [3.8, 4) is 0 Å². The molecule has 0 spiro atoms. The predicted octanol–water partition coefficient (Wildman–Crippen LogP) is 2.67. The number of halogens is 1. The van der Waals surface area contributed by atoms with Crippen molar-refractivity contribution in [2.75, 3.05) is 25.0 Å². The Kier molecular flexibility index (Phi) is 7.87. The van der Waals surface area contributed by atoms with E-state index in [9.17, 15) is 4.79 Å². The number of amides is 1. The Morgan fingerprint density at radius 3 is 2.41 bits per heavy atom. The maximum absolute atomic E-state index is 12.1.